The number of rotatable bonds is 8. The van der Waals surface area contributed by atoms with E-state index in [1.165, 1.54) is 35.3 Å². The summed E-state index contributed by atoms with van der Waals surface area (Å²) in [5.74, 6) is 0.583. The molecule has 1 aliphatic heterocycles. The van der Waals surface area contributed by atoms with Crippen molar-refractivity contribution >= 4 is 33.8 Å². The summed E-state index contributed by atoms with van der Waals surface area (Å²) in [6.45, 7) is 2.58. The maximum Gasteiger partial charge on any atom is 0.250 e. The van der Waals surface area contributed by atoms with Crippen molar-refractivity contribution in [2.75, 3.05) is 19.6 Å². The molecule has 0 bridgehead atoms. The predicted octanol–water partition coefficient (Wildman–Crippen LogP) is 4.43. The second kappa shape index (κ2) is 9.42. The lowest BCUT2D eigenvalue weighted by molar-refractivity contribution is 0.182. The van der Waals surface area contributed by atoms with Gasteiger partial charge in [0.05, 0.1) is 11.1 Å². The molecule has 1 atom stereocenters. The Kier molecular flexibility index (Phi) is 6.83. The summed E-state index contributed by atoms with van der Waals surface area (Å²) in [4.78, 5) is 3.35. The summed E-state index contributed by atoms with van der Waals surface area (Å²) in [6.07, 6.45) is 6.89. The van der Waals surface area contributed by atoms with Crippen molar-refractivity contribution in [2.24, 2.45) is 0 Å². The molecule has 0 spiro atoms. The summed E-state index contributed by atoms with van der Waals surface area (Å²) in [5.41, 5.74) is 4.62. The van der Waals surface area contributed by atoms with E-state index in [1.54, 1.807) is 30.0 Å². The number of hydrogen-bond acceptors (Lipinski definition) is 6. The first-order valence-electron chi connectivity index (χ1n) is 10.5. The quantitative estimate of drug-likeness (QED) is 0.484. The predicted molar refractivity (Wildman–Crippen MR) is 124 cm³/mol. The fraction of sp³-hybridized carbons (Fsp3) is 0.409. The van der Waals surface area contributed by atoms with Gasteiger partial charge in [-0.2, -0.15) is 0 Å². The monoisotopic (exact) mass is 479 g/mol. The number of unbranched alkanes of at least 4 members (excludes halogenated alkanes) is 1. The van der Waals surface area contributed by atoms with Crippen molar-refractivity contribution < 1.29 is 12.9 Å². The zero-order valence-corrected chi connectivity index (χ0v) is 19.6. The van der Waals surface area contributed by atoms with E-state index >= 15 is 0 Å². The third kappa shape index (κ3) is 4.59. The van der Waals surface area contributed by atoms with Gasteiger partial charge in [-0.3, -0.25) is 4.90 Å². The Labute approximate surface area is 193 Å². The highest BCUT2D eigenvalue weighted by Crippen LogP contribution is 2.41. The van der Waals surface area contributed by atoms with Gasteiger partial charge in [0.2, 0.25) is 10.0 Å². The smallest absolute Gasteiger partial charge is 0.250 e. The van der Waals surface area contributed by atoms with Gasteiger partial charge in [0.1, 0.15) is 4.21 Å². The SMILES string of the molecule is Cl.O=S(=O)(NCCCCN1CCc2cccc3c2C1CC3)c1ccc(-c2ccno2)s1. The van der Waals surface area contributed by atoms with Gasteiger partial charge in [0, 0.05) is 25.2 Å². The summed E-state index contributed by atoms with van der Waals surface area (Å²) in [6, 6.07) is 12.4. The largest absolute Gasteiger partial charge is 0.355 e. The molecule has 5 rings (SSSR count). The lowest BCUT2D eigenvalue weighted by Crippen LogP contribution is -2.35. The summed E-state index contributed by atoms with van der Waals surface area (Å²) in [5, 5.41) is 3.67. The molecule has 2 aromatic heterocycles. The molecular formula is C22H26ClN3O3S2. The van der Waals surface area contributed by atoms with Crippen molar-refractivity contribution in [3.05, 3.63) is 59.3 Å². The van der Waals surface area contributed by atoms with Gasteiger partial charge < -0.3 is 4.52 Å². The van der Waals surface area contributed by atoms with E-state index in [9.17, 15) is 8.42 Å². The Morgan fingerprint density at radius 2 is 1.97 bits per heavy atom. The molecule has 1 aromatic carbocycles. The normalized spacial score (nSPS) is 18.0. The molecule has 1 unspecified atom stereocenters. The summed E-state index contributed by atoms with van der Waals surface area (Å²) < 4.78 is 33.3. The van der Waals surface area contributed by atoms with Crippen molar-refractivity contribution in [3.8, 4) is 10.6 Å². The number of nitrogens with one attached hydrogen (secondary N) is 1. The van der Waals surface area contributed by atoms with Gasteiger partial charge in [-0.25, -0.2) is 13.1 Å². The number of sulfonamides is 1. The fourth-order valence-electron chi connectivity index (χ4n) is 4.68. The minimum absolute atomic E-state index is 0. The zero-order chi connectivity index (χ0) is 20.6. The van der Waals surface area contributed by atoms with Gasteiger partial charge in [0.15, 0.2) is 5.76 Å². The van der Waals surface area contributed by atoms with Crippen molar-refractivity contribution in [2.45, 2.75) is 42.4 Å². The molecule has 0 saturated carbocycles. The number of aryl methyl sites for hydroxylation is 1. The Bertz CT molecular complexity index is 1130. The van der Waals surface area contributed by atoms with Crippen molar-refractivity contribution in [3.63, 3.8) is 0 Å². The Hall–Kier alpha value is -1.71. The van der Waals surface area contributed by atoms with Crippen LogP contribution in [0.2, 0.25) is 0 Å². The van der Waals surface area contributed by atoms with Gasteiger partial charge >= 0.3 is 0 Å². The van der Waals surface area contributed by atoms with Crippen LogP contribution in [0.4, 0.5) is 0 Å². The lowest BCUT2D eigenvalue weighted by Gasteiger charge is -2.35. The highest BCUT2D eigenvalue weighted by atomic mass is 35.5. The maximum atomic E-state index is 12.6. The van der Waals surface area contributed by atoms with Crippen molar-refractivity contribution in [1.82, 2.24) is 14.8 Å². The number of aromatic nitrogens is 1. The molecule has 0 fully saturated rings. The number of nitrogens with zero attached hydrogens (tertiary/aromatic N) is 2. The second-order valence-corrected chi connectivity index (χ2v) is 11.0. The molecule has 1 N–H and O–H groups in total. The van der Waals surface area contributed by atoms with Crippen LogP contribution < -0.4 is 4.72 Å². The summed E-state index contributed by atoms with van der Waals surface area (Å²) in [7, 11) is -3.49. The van der Waals surface area contributed by atoms with Crippen LogP contribution in [0.5, 0.6) is 0 Å². The van der Waals surface area contributed by atoms with E-state index in [1.807, 2.05) is 0 Å². The molecule has 0 radical (unpaired) electrons. The second-order valence-electron chi connectivity index (χ2n) is 7.93. The number of hydrogen-bond donors (Lipinski definition) is 1. The molecule has 166 valence electrons. The fourth-order valence-corrected chi connectivity index (χ4v) is 7.06. The molecule has 6 nitrogen and oxygen atoms in total. The molecule has 3 aromatic rings. The first kappa shape index (κ1) is 22.5. The highest BCUT2D eigenvalue weighted by Gasteiger charge is 2.32. The molecular weight excluding hydrogens is 454 g/mol. The first-order valence-corrected chi connectivity index (χ1v) is 12.8. The Morgan fingerprint density at radius 1 is 1.13 bits per heavy atom. The molecule has 3 heterocycles. The zero-order valence-electron chi connectivity index (χ0n) is 17.1. The van der Waals surface area contributed by atoms with E-state index in [4.69, 9.17) is 4.52 Å². The van der Waals surface area contributed by atoms with Crippen LogP contribution in [0.3, 0.4) is 0 Å². The van der Waals surface area contributed by atoms with E-state index in [-0.39, 0.29) is 12.4 Å². The third-order valence-electron chi connectivity index (χ3n) is 6.11. The van der Waals surface area contributed by atoms with Crippen LogP contribution in [-0.4, -0.2) is 38.1 Å². The average molecular weight is 480 g/mol. The third-order valence-corrected chi connectivity index (χ3v) is 9.16. The lowest BCUT2D eigenvalue weighted by atomic mass is 9.93. The number of benzene rings is 1. The van der Waals surface area contributed by atoms with Gasteiger partial charge in [0.25, 0.3) is 0 Å². The van der Waals surface area contributed by atoms with E-state index in [0.29, 0.717) is 22.6 Å². The Morgan fingerprint density at radius 3 is 2.77 bits per heavy atom. The van der Waals surface area contributed by atoms with E-state index in [2.05, 4.69) is 33.0 Å². The first-order chi connectivity index (χ1) is 14.6. The van der Waals surface area contributed by atoms with Crippen LogP contribution in [0.25, 0.3) is 10.6 Å². The number of halogens is 1. The van der Waals surface area contributed by atoms with Gasteiger partial charge in [-0.05, 0) is 67.5 Å². The topological polar surface area (TPSA) is 75.4 Å². The van der Waals surface area contributed by atoms with Gasteiger partial charge in [-0.1, -0.05) is 23.4 Å². The standard InChI is InChI=1S/C22H25N3O3S2.ClH/c26-30(27,21-9-8-20(29-21)19-10-13-23-28-19)24-12-1-2-14-25-15-11-17-5-3-4-16-6-7-18(25)22(16)17;/h3-5,8-10,13,18,24H,1-2,6-7,11-12,14-15H2;1H. The summed E-state index contributed by atoms with van der Waals surface area (Å²) >= 11 is 1.19. The van der Waals surface area contributed by atoms with Crippen molar-refractivity contribution in [1.29, 1.82) is 0 Å². The molecule has 2 aliphatic rings. The van der Waals surface area contributed by atoms with Crippen LogP contribution in [0.15, 0.2) is 51.3 Å². The van der Waals surface area contributed by atoms with Gasteiger partial charge in [-0.15, -0.1) is 23.7 Å². The molecule has 0 amide bonds. The van der Waals surface area contributed by atoms with E-state index in [0.717, 1.165) is 37.2 Å². The van der Waals surface area contributed by atoms with Crippen LogP contribution in [-0.2, 0) is 22.9 Å². The molecule has 31 heavy (non-hydrogen) atoms. The van der Waals surface area contributed by atoms with Crippen LogP contribution in [0.1, 0.15) is 42.0 Å². The minimum Gasteiger partial charge on any atom is -0.355 e. The number of thiophene rings is 1. The molecule has 9 heteroatoms. The Balaban J connectivity index is 0.00000231. The maximum absolute atomic E-state index is 12.6. The molecule has 0 saturated heterocycles. The highest BCUT2D eigenvalue weighted by molar-refractivity contribution is 7.91. The average Bonchev–Trinajstić information content (AvgIpc) is 3.50. The minimum atomic E-state index is -3.49. The van der Waals surface area contributed by atoms with Crippen LogP contribution >= 0.6 is 23.7 Å². The molecule has 1 aliphatic carbocycles. The van der Waals surface area contributed by atoms with Crippen LogP contribution in [0, 0.1) is 0 Å². The van der Waals surface area contributed by atoms with E-state index < -0.39 is 10.0 Å².